The standard InChI is InChI=1S/C18H13F4N3OS/c1-10(15(26)23-14-9-5-3-7-12(14)19)27-16-11-6-2-4-8-13(11)24-17(25-16)18(20,21)22/h2-10H,1H3,(H,23,26)/t10-/m1/s1. The van der Waals surface area contributed by atoms with Crippen molar-refractivity contribution in [2.24, 2.45) is 0 Å². The van der Waals surface area contributed by atoms with Crippen LogP contribution >= 0.6 is 11.8 Å². The van der Waals surface area contributed by atoms with Gasteiger partial charge in [-0.05, 0) is 25.1 Å². The van der Waals surface area contributed by atoms with Gasteiger partial charge in [-0.1, -0.05) is 42.1 Å². The first-order valence-corrected chi connectivity index (χ1v) is 8.69. The minimum atomic E-state index is -4.71. The van der Waals surface area contributed by atoms with Gasteiger partial charge in [0, 0.05) is 5.39 Å². The number of halogens is 4. The van der Waals surface area contributed by atoms with Crippen molar-refractivity contribution in [3.8, 4) is 0 Å². The molecule has 0 radical (unpaired) electrons. The highest BCUT2D eigenvalue weighted by molar-refractivity contribution is 8.00. The summed E-state index contributed by atoms with van der Waals surface area (Å²) in [5.74, 6) is -2.43. The van der Waals surface area contributed by atoms with Gasteiger partial charge >= 0.3 is 6.18 Å². The number of amides is 1. The summed E-state index contributed by atoms with van der Waals surface area (Å²) in [5, 5.41) is 2.04. The number of alkyl halides is 3. The average molecular weight is 395 g/mol. The van der Waals surface area contributed by atoms with Gasteiger partial charge in [-0.15, -0.1) is 0 Å². The number of aromatic nitrogens is 2. The molecule has 27 heavy (non-hydrogen) atoms. The summed E-state index contributed by atoms with van der Waals surface area (Å²) in [6, 6.07) is 11.9. The van der Waals surface area contributed by atoms with Crippen LogP contribution in [0.5, 0.6) is 0 Å². The van der Waals surface area contributed by atoms with Crippen LogP contribution in [0.25, 0.3) is 10.9 Å². The summed E-state index contributed by atoms with van der Waals surface area (Å²) in [7, 11) is 0. The van der Waals surface area contributed by atoms with Crippen molar-refractivity contribution in [2.45, 2.75) is 23.4 Å². The fourth-order valence-electron chi connectivity index (χ4n) is 2.28. The van der Waals surface area contributed by atoms with Crippen LogP contribution in [0.1, 0.15) is 12.7 Å². The summed E-state index contributed by atoms with van der Waals surface area (Å²) in [6.45, 7) is 1.50. The van der Waals surface area contributed by atoms with Crippen LogP contribution in [-0.4, -0.2) is 21.1 Å². The Morgan fingerprint density at radius 1 is 1.07 bits per heavy atom. The van der Waals surface area contributed by atoms with Gasteiger partial charge in [0.25, 0.3) is 0 Å². The quantitative estimate of drug-likeness (QED) is 0.388. The maximum Gasteiger partial charge on any atom is 0.451 e. The number of carbonyl (C=O) groups excluding carboxylic acids is 1. The van der Waals surface area contributed by atoms with Gasteiger partial charge in [0.1, 0.15) is 10.8 Å². The summed E-state index contributed by atoms with van der Waals surface area (Å²) in [6.07, 6.45) is -4.71. The van der Waals surface area contributed by atoms with Crippen molar-refractivity contribution in [1.29, 1.82) is 0 Å². The first kappa shape index (κ1) is 19.1. The average Bonchev–Trinajstić information content (AvgIpc) is 2.62. The summed E-state index contributed by atoms with van der Waals surface area (Å²) in [5.41, 5.74) is 0.127. The number of fused-ring (bicyclic) bond motifs is 1. The highest BCUT2D eigenvalue weighted by Gasteiger charge is 2.36. The molecule has 4 nitrogen and oxygen atoms in total. The molecule has 0 unspecified atom stereocenters. The predicted molar refractivity (Wildman–Crippen MR) is 94.9 cm³/mol. The Morgan fingerprint density at radius 3 is 2.44 bits per heavy atom. The van der Waals surface area contributed by atoms with E-state index in [0.29, 0.717) is 5.39 Å². The molecule has 3 rings (SSSR count). The predicted octanol–water partition coefficient (Wildman–Crippen LogP) is 4.91. The van der Waals surface area contributed by atoms with E-state index in [2.05, 4.69) is 15.3 Å². The minimum absolute atomic E-state index is 0.00141. The molecule has 0 aliphatic carbocycles. The van der Waals surface area contributed by atoms with E-state index in [4.69, 9.17) is 0 Å². The molecule has 1 heterocycles. The van der Waals surface area contributed by atoms with E-state index in [9.17, 15) is 22.4 Å². The molecule has 1 atom stereocenters. The second kappa shape index (κ2) is 7.51. The van der Waals surface area contributed by atoms with Crippen LogP contribution in [0, 0.1) is 5.82 Å². The van der Waals surface area contributed by atoms with E-state index in [1.54, 1.807) is 24.3 Å². The number of hydrogen-bond acceptors (Lipinski definition) is 4. The molecule has 1 N–H and O–H groups in total. The first-order valence-electron chi connectivity index (χ1n) is 7.82. The highest BCUT2D eigenvalue weighted by atomic mass is 32.2. The molecule has 0 fully saturated rings. The van der Waals surface area contributed by atoms with Crippen molar-refractivity contribution in [3.63, 3.8) is 0 Å². The maximum atomic E-state index is 13.7. The van der Waals surface area contributed by atoms with Crippen LogP contribution in [0.15, 0.2) is 53.6 Å². The van der Waals surface area contributed by atoms with Gasteiger partial charge in [0.05, 0.1) is 16.5 Å². The fourth-order valence-corrected chi connectivity index (χ4v) is 3.22. The molecule has 3 aromatic rings. The first-order chi connectivity index (χ1) is 12.8. The Labute approximate surface area is 156 Å². The van der Waals surface area contributed by atoms with E-state index in [1.165, 1.54) is 31.2 Å². The number of nitrogens with one attached hydrogen (secondary N) is 1. The second-order valence-corrected chi connectivity index (χ2v) is 6.93. The molecule has 9 heteroatoms. The zero-order valence-corrected chi connectivity index (χ0v) is 14.7. The number of para-hydroxylation sites is 2. The fraction of sp³-hybridized carbons (Fsp3) is 0.167. The largest absolute Gasteiger partial charge is 0.451 e. The van der Waals surface area contributed by atoms with E-state index < -0.39 is 29.0 Å². The number of nitrogens with zero attached hydrogens (tertiary/aromatic N) is 2. The number of rotatable bonds is 4. The highest BCUT2D eigenvalue weighted by Crippen LogP contribution is 2.33. The normalized spacial score (nSPS) is 12.8. The number of benzene rings is 2. The van der Waals surface area contributed by atoms with Crippen molar-refractivity contribution in [3.05, 3.63) is 60.2 Å². The van der Waals surface area contributed by atoms with Crippen molar-refractivity contribution < 1.29 is 22.4 Å². The Bertz CT molecular complexity index is 994. The summed E-state index contributed by atoms with van der Waals surface area (Å²) >= 11 is 0.851. The van der Waals surface area contributed by atoms with Gasteiger partial charge in [-0.2, -0.15) is 13.2 Å². The monoisotopic (exact) mass is 395 g/mol. The van der Waals surface area contributed by atoms with Crippen LogP contribution in [-0.2, 0) is 11.0 Å². The van der Waals surface area contributed by atoms with Crippen molar-refractivity contribution in [2.75, 3.05) is 5.32 Å². The SMILES string of the molecule is C[C@@H](Sc1nc(C(F)(F)F)nc2ccccc12)C(=O)Nc1ccccc1F. The Morgan fingerprint density at radius 2 is 1.74 bits per heavy atom. The molecular weight excluding hydrogens is 382 g/mol. The molecule has 0 saturated carbocycles. The van der Waals surface area contributed by atoms with Crippen LogP contribution < -0.4 is 5.32 Å². The minimum Gasteiger partial charge on any atom is -0.323 e. The molecule has 0 bridgehead atoms. The van der Waals surface area contributed by atoms with Gasteiger partial charge in [0.15, 0.2) is 0 Å². The lowest BCUT2D eigenvalue weighted by Crippen LogP contribution is -2.23. The van der Waals surface area contributed by atoms with Crippen molar-refractivity contribution >= 4 is 34.3 Å². The molecule has 1 amide bonds. The molecule has 0 aliphatic rings. The molecule has 0 saturated heterocycles. The van der Waals surface area contributed by atoms with Crippen LogP contribution in [0.4, 0.5) is 23.2 Å². The Hall–Kier alpha value is -2.68. The van der Waals surface area contributed by atoms with E-state index in [-0.39, 0.29) is 16.2 Å². The molecule has 140 valence electrons. The molecule has 2 aromatic carbocycles. The second-order valence-electron chi connectivity index (χ2n) is 5.60. The lowest BCUT2D eigenvalue weighted by atomic mass is 10.2. The van der Waals surface area contributed by atoms with Gasteiger partial charge in [0.2, 0.25) is 11.7 Å². The van der Waals surface area contributed by atoms with Gasteiger partial charge < -0.3 is 5.32 Å². The van der Waals surface area contributed by atoms with E-state index in [0.717, 1.165) is 11.8 Å². The Kier molecular flexibility index (Phi) is 5.31. The topological polar surface area (TPSA) is 54.9 Å². The number of carbonyl (C=O) groups is 1. The molecule has 1 aromatic heterocycles. The van der Waals surface area contributed by atoms with Crippen LogP contribution in [0.3, 0.4) is 0 Å². The zero-order valence-electron chi connectivity index (χ0n) is 13.9. The third kappa shape index (κ3) is 4.36. The molecular formula is C18H13F4N3OS. The summed E-state index contributed by atoms with van der Waals surface area (Å²) in [4.78, 5) is 19.5. The van der Waals surface area contributed by atoms with E-state index in [1.807, 2.05) is 0 Å². The summed E-state index contributed by atoms with van der Waals surface area (Å²) < 4.78 is 52.9. The smallest absolute Gasteiger partial charge is 0.323 e. The van der Waals surface area contributed by atoms with E-state index >= 15 is 0 Å². The maximum absolute atomic E-state index is 13.7. The lowest BCUT2D eigenvalue weighted by molar-refractivity contribution is -0.145. The number of hydrogen-bond donors (Lipinski definition) is 1. The molecule has 0 spiro atoms. The Balaban J connectivity index is 1.89. The van der Waals surface area contributed by atoms with Gasteiger partial charge in [-0.3, -0.25) is 4.79 Å². The van der Waals surface area contributed by atoms with Crippen LogP contribution in [0.2, 0.25) is 0 Å². The van der Waals surface area contributed by atoms with Crippen molar-refractivity contribution in [1.82, 2.24) is 9.97 Å². The number of anilines is 1. The van der Waals surface area contributed by atoms with Gasteiger partial charge in [-0.25, -0.2) is 14.4 Å². The lowest BCUT2D eigenvalue weighted by Gasteiger charge is -2.14. The number of thioether (sulfide) groups is 1. The molecule has 0 aliphatic heterocycles. The third-order valence-corrected chi connectivity index (χ3v) is 4.71. The third-order valence-electron chi connectivity index (χ3n) is 3.61. The zero-order chi connectivity index (χ0) is 19.6.